The average molecular weight is 510 g/mol. The van der Waals surface area contributed by atoms with Crippen LogP contribution >= 0.6 is 23.2 Å². The summed E-state index contributed by atoms with van der Waals surface area (Å²) in [5, 5.41) is 4.21. The van der Waals surface area contributed by atoms with Gasteiger partial charge >= 0.3 is 5.69 Å². The van der Waals surface area contributed by atoms with Gasteiger partial charge in [-0.15, -0.1) is 0 Å². The van der Waals surface area contributed by atoms with Crippen LogP contribution in [0.15, 0.2) is 47.4 Å². The maximum absolute atomic E-state index is 12.9. The monoisotopic (exact) mass is 509 g/mol. The lowest BCUT2D eigenvalue weighted by atomic mass is 9.83. The number of fused-ring (bicyclic) bond motifs is 2. The molecule has 3 heterocycles. The normalized spacial score (nSPS) is 15.2. The Kier molecular flexibility index (Phi) is 5.91. The lowest BCUT2D eigenvalue weighted by molar-refractivity contribution is 0.115. The van der Waals surface area contributed by atoms with E-state index in [4.69, 9.17) is 28.9 Å². The fourth-order valence-corrected chi connectivity index (χ4v) is 5.41. The first-order valence-corrected chi connectivity index (χ1v) is 12.1. The molecule has 0 aliphatic carbocycles. The fraction of sp³-hybridized carbons (Fsp3) is 0.280. The molecule has 0 spiro atoms. The van der Waals surface area contributed by atoms with Crippen molar-refractivity contribution in [3.63, 3.8) is 0 Å². The maximum Gasteiger partial charge on any atom is 0.355 e. The van der Waals surface area contributed by atoms with Crippen LogP contribution < -0.4 is 16.7 Å². The third kappa shape index (κ3) is 4.01. The van der Waals surface area contributed by atoms with Gasteiger partial charge in [0.05, 0.1) is 21.1 Å². The zero-order valence-corrected chi connectivity index (χ0v) is 21.2. The standard InChI is InChI=1S/C25H25Cl2N7O/c1-4-33-11-10-14-12-15(8-9-17(14)25(33,2)3)30-23-29-13-16-21(28)34(24(35)32-22(16)31-23)20-18(26)6-5-7-19(20)27/h5-9,12-13H,4,10-11,28H2,1-3H3,(H,30,31,32,35). The summed E-state index contributed by atoms with van der Waals surface area (Å²) in [6.45, 7) is 8.73. The molecule has 0 saturated heterocycles. The van der Waals surface area contributed by atoms with Gasteiger partial charge in [0.1, 0.15) is 5.82 Å². The molecule has 8 nitrogen and oxygen atoms in total. The molecule has 1 aliphatic rings. The number of hydrogen-bond donors (Lipinski definition) is 2. The van der Waals surface area contributed by atoms with Gasteiger partial charge in [0.15, 0.2) is 5.65 Å². The summed E-state index contributed by atoms with van der Waals surface area (Å²) in [7, 11) is 0. The predicted octanol–water partition coefficient (Wildman–Crippen LogP) is 4.92. The quantitative estimate of drug-likeness (QED) is 0.402. The average Bonchev–Trinajstić information content (AvgIpc) is 2.80. The van der Waals surface area contributed by atoms with Gasteiger partial charge < -0.3 is 11.1 Å². The molecule has 1 aliphatic heterocycles. The minimum absolute atomic E-state index is 0.0216. The third-order valence-electron chi connectivity index (χ3n) is 6.68. The Morgan fingerprint density at radius 1 is 1.14 bits per heavy atom. The molecule has 0 atom stereocenters. The van der Waals surface area contributed by atoms with E-state index in [1.807, 2.05) is 6.07 Å². The van der Waals surface area contributed by atoms with Gasteiger partial charge in [0.2, 0.25) is 5.95 Å². The number of aromatic nitrogens is 4. The van der Waals surface area contributed by atoms with Gasteiger partial charge in [-0.3, -0.25) is 4.90 Å². The highest BCUT2D eigenvalue weighted by molar-refractivity contribution is 6.37. The number of nitrogens with one attached hydrogen (secondary N) is 1. The Balaban J connectivity index is 1.50. The van der Waals surface area contributed by atoms with Crippen LogP contribution in [0.25, 0.3) is 16.7 Å². The van der Waals surface area contributed by atoms with Crippen molar-refractivity contribution >= 4 is 51.7 Å². The van der Waals surface area contributed by atoms with Crippen LogP contribution in [0.3, 0.4) is 0 Å². The molecule has 0 bridgehead atoms. The number of halogens is 2. The summed E-state index contributed by atoms with van der Waals surface area (Å²) >= 11 is 12.6. The number of nitrogens with two attached hydrogens (primary N) is 1. The number of likely N-dealkylation sites (N-methyl/N-ethyl adjacent to an activating group) is 1. The summed E-state index contributed by atoms with van der Waals surface area (Å²) in [6.07, 6.45) is 2.51. The smallest absolute Gasteiger partial charge is 0.355 e. The van der Waals surface area contributed by atoms with Crippen molar-refractivity contribution < 1.29 is 0 Å². The highest BCUT2D eigenvalue weighted by atomic mass is 35.5. The van der Waals surface area contributed by atoms with Crippen LogP contribution in [0.4, 0.5) is 17.5 Å². The van der Waals surface area contributed by atoms with Gasteiger partial charge in [-0.25, -0.2) is 14.3 Å². The molecule has 180 valence electrons. The Bertz CT molecular complexity index is 1500. The summed E-state index contributed by atoms with van der Waals surface area (Å²) < 4.78 is 1.17. The zero-order chi connectivity index (χ0) is 24.9. The van der Waals surface area contributed by atoms with Crippen LogP contribution in [0.5, 0.6) is 0 Å². The summed E-state index contributed by atoms with van der Waals surface area (Å²) in [6, 6.07) is 11.3. The first-order valence-electron chi connectivity index (χ1n) is 11.4. The van der Waals surface area contributed by atoms with Gasteiger partial charge in [-0.05, 0) is 62.2 Å². The molecular formula is C25H25Cl2N7O. The Labute approximate surface area is 212 Å². The minimum atomic E-state index is -0.633. The van der Waals surface area contributed by atoms with Crippen molar-refractivity contribution in [3.8, 4) is 5.69 Å². The van der Waals surface area contributed by atoms with E-state index in [0.29, 0.717) is 11.3 Å². The number of para-hydroxylation sites is 1. The molecule has 0 fully saturated rings. The second kappa shape index (κ2) is 8.78. The molecule has 0 unspecified atom stereocenters. The Morgan fingerprint density at radius 2 is 1.89 bits per heavy atom. The van der Waals surface area contributed by atoms with E-state index in [1.165, 1.54) is 21.9 Å². The Morgan fingerprint density at radius 3 is 2.60 bits per heavy atom. The molecule has 2 aromatic carbocycles. The van der Waals surface area contributed by atoms with Gasteiger partial charge in [0, 0.05) is 24.0 Å². The third-order valence-corrected chi connectivity index (χ3v) is 7.29. The van der Waals surface area contributed by atoms with E-state index in [0.717, 1.165) is 25.2 Å². The number of nitrogens with zero attached hydrogens (tertiary/aromatic N) is 5. The van der Waals surface area contributed by atoms with Crippen molar-refractivity contribution in [1.82, 2.24) is 24.4 Å². The van der Waals surface area contributed by atoms with E-state index >= 15 is 0 Å². The molecule has 35 heavy (non-hydrogen) atoms. The summed E-state index contributed by atoms with van der Waals surface area (Å²) in [5.41, 5.74) is 9.61. The van der Waals surface area contributed by atoms with Crippen molar-refractivity contribution in [3.05, 3.63) is 74.3 Å². The molecule has 0 saturated carbocycles. The zero-order valence-electron chi connectivity index (χ0n) is 19.6. The summed E-state index contributed by atoms with van der Waals surface area (Å²) in [5.74, 6) is 0.431. The van der Waals surface area contributed by atoms with Gasteiger partial charge in [0.25, 0.3) is 0 Å². The fourth-order valence-electron chi connectivity index (χ4n) is 4.84. The Hall–Kier alpha value is -3.20. The number of rotatable bonds is 4. The molecule has 2 aromatic heterocycles. The summed E-state index contributed by atoms with van der Waals surface area (Å²) in [4.78, 5) is 28.3. The van der Waals surface area contributed by atoms with E-state index < -0.39 is 5.69 Å². The van der Waals surface area contributed by atoms with Crippen LogP contribution in [0.2, 0.25) is 10.0 Å². The van der Waals surface area contributed by atoms with Crippen molar-refractivity contribution in [2.45, 2.75) is 32.7 Å². The molecule has 10 heteroatoms. The number of anilines is 3. The molecule has 5 rings (SSSR count). The second-order valence-corrected chi connectivity index (χ2v) is 9.82. The molecule has 0 radical (unpaired) electrons. The largest absolute Gasteiger partial charge is 0.384 e. The topological polar surface area (TPSA) is 102 Å². The SMILES string of the molecule is CCN1CCc2cc(Nc3ncc4c(N)n(-c5c(Cl)cccc5Cl)c(=O)nc4n3)ccc2C1(C)C. The van der Waals surface area contributed by atoms with Crippen LogP contribution in [-0.4, -0.2) is 37.5 Å². The number of benzene rings is 2. The van der Waals surface area contributed by atoms with Crippen LogP contribution in [-0.2, 0) is 12.0 Å². The van der Waals surface area contributed by atoms with E-state index in [1.54, 1.807) is 18.2 Å². The first kappa shape index (κ1) is 23.5. The maximum atomic E-state index is 12.9. The van der Waals surface area contributed by atoms with E-state index in [2.05, 4.69) is 58.1 Å². The molecule has 0 amide bonds. The lowest BCUT2D eigenvalue weighted by Gasteiger charge is -2.43. The first-order chi connectivity index (χ1) is 16.7. The van der Waals surface area contributed by atoms with Crippen LogP contribution in [0.1, 0.15) is 31.9 Å². The van der Waals surface area contributed by atoms with E-state index in [9.17, 15) is 4.79 Å². The van der Waals surface area contributed by atoms with Crippen molar-refractivity contribution in [2.75, 3.05) is 24.1 Å². The number of hydrogen-bond acceptors (Lipinski definition) is 7. The minimum Gasteiger partial charge on any atom is -0.384 e. The predicted molar refractivity (Wildman–Crippen MR) is 141 cm³/mol. The second-order valence-electron chi connectivity index (χ2n) is 9.00. The van der Waals surface area contributed by atoms with Crippen molar-refractivity contribution in [1.29, 1.82) is 0 Å². The molecular weight excluding hydrogens is 485 g/mol. The van der Waals surface area contributed by atoms with Crippen LogP contribution in [0, 0.1) is 0 Å². The highest BCUT2D eigenvalue weighted by Gasteiger charge is 2.33. The lowest BCUT2D eigenvalue weighted by Crippen LogP contribution is -2.46. The van der Waals surface area contributed by atoms with Gasteiger partial charge in [-0.1, -0.05) is 42.3 Å². The van der Waals surface area contributed by atoms with Crippen molar-refractivity contribution in [2.24, 2.45) is 0 Å². The molecule has 4 aromatic rings. The molecule has 3 N–H and O–H groups in total. The highest BCUT2D eigenvalue weighted by Crippen LogP contribution is 2.36. The van der Waals surface area contributed by atoms with E-state index in [-0.39, 0.29) is 32.7 Å². The number of nitrogen functional groups attached to an aromatic ring is 1. The van der Waals surface area contributed by atoms with Gasteiger partial charge in [-0.2, -0.15) is 9.97 Å².